The standard InChI is InChI=1S/C29H34N2O3S/c1-21-15-16-22(2)26(19-21)33-18-10-17-29(3,4)27(32)31-28(35)30-24-13-8-9-14-25(24)34-20-23-11-6-5-7-12-23/h5-9,11-16,19H,10,17-18,20H2,1-4H3,(H2,30,31,32,35). The number of nitrogens with one attached hydrogen (secondary N) is 2. The van der Waals surface area contributed by atoms with Crippen molar-refractivity contribution in [1.29, 1.82) is 0 Å². The number of hydrogen-bond donors (Lipinski definition) is 2. The van der Waals surface area contributed by atoms with Gasteiger partial charge in [0.1, 0.15) is 18.1 Å². The molecule has 3 aromatic rings. The number of carbonyl (C=O) groups is 1. The number of amides is 1. The van der Waals surface area contributed by atoms with Crippen LogP contribution in [0.1, 0.15) is 43.4 Å². The van der Waals surface area contributed by atoms with Crippen molar-refractivity contribution in [3.05, 3.63) is 89.5 Å². The minimum absolute atomic E-state index is 0.135. The summed E-state index contributed by atoms with van der Waals surface area (Å²) >= 11 is 5.42. The third kappa shape index (κ3) is 8.11. The number of anilines is 1. The summed E-state index contributed by atoms with van der Waals surface area (Å²) in [5.74, 6) is 1.42. The van der Waals surface area contributed by atoms with Crippen LogP contribution >= 0.6 is 12.2 Å². The number of thiocarbonyl (C=S) groups is 1. The monoisotopic (exact) mass is 490 g/mol. The van der Waals surface area contributed by atoms with Crippen molar-refractivity contribution in [2.24, 2.45) is 5.41 Å². The predicted octanol–water partition coefficient (Wildman–Crippen LogP) is 6.58. The SMILES string of the molecule is Cc1ccc(C)c(OCCCC(C)(C)C(=O)NC(=S)Nc2ccccc2OCc2ccccc2)c1. The summed E-state index contributed by atoms with van der Waals surface area (Å²) in [6.45, 7) is 8.90. The zero-order chi connectivity index (χ0) is 25.3. The molecule has 0 saturated carbocycles. The van der Waals surface area contributed by atoms with Crippen LogP contribution in [-0.4, -0.2) is 17.6 Å². The third-order valence-electron chi connectivity index (χ3n) is 5.76. The Morgan fingerprint density at radius 2 is 1.63 bits per heavy atom. The van der Waals surface area contributed by atoms with Crippen molar-refractivity contribution >= 4 is 28.9 Å². The van der Waals surface area contributed by atoms with Crippen LogP contribution in [-0.2, 0) is 11.4 Å². The fraction of sp³-hybridized carbons (Fsp3) is 0.310. The van der Waals surface area contributed by atoms with Gasteiger partial charge in [0.25, 0.3) is 0 Å². The minimum Gasteiger partial charge on any atom is -0.493 e. The van der Waals surface area contributed by atoms with Crippen LogP contribution in [0, 0.1) is 19.3 Å². The molecule has 1 amide bonds. The van der Waals surface area contributed by atoms with Gasteiger partial charge in [0.15, 0.2) is 5.11 Å². The molecule has 0 atom stereocenters. The lowest BCUT2D eigenvalue weighted by atomic mass is 9.87. The molecule has 0 unspecified atom stereocenters. The first kappa shape index (κ1) is 26.2. The van der Waals surface area contributed by atoms with Crippen LogP contribution in [0.15, 0.2) is 72.8 Å². The normalized spacial score (nSPS) is 11.0. The molecule has 0 aliphatic carbocycles. The Morgan fingerprint density at radius 3 is 2.40 bits per heavy atom. The summed E-state index contributed by atoms with van der Waals surface area (Å²) in [6.07, 6.45) is 1.42. The highest BCUT2D eigenvalue weighted by Crippen LogP contribution is 2.26. The lowest BCUT2D eigenvalue weighted by Crippen LogP contribution is -2.42. The van der Waals surface area contributed by atoms with E-state index < -0.39 is 5.41 Å². The number of ether oxygens (including phenoxy) is 2. The van der Waals surface area contributed by atoms with E-state index in [0.29, 0.717) is 31.1 Å². The Hall–Kier alpha value is -3.38. The molecule has 6 heteroatoms. The zero-order valence-electron chi connectivity index (χ0n) is 20.9. The van der Waals surface area contributed by atoms with Crippen molar-refractivity contribution in [2.45, 2.75) is 47.1 Å². The molecule has 0 aliphatic heterocycles. The van der Waals surface area contributed by atoms with Crippen LogP contribution in [0.3, 0.4) is 0 Å². The largest absolute Gasteiger partial charge is 0.493 e. The van der Waals surface area contributed by atoms with Crippen molar-refractivity contribution in [3.8, 4) is 11.5 Å². The Balaban J connectivity index is 1.48. The minimum atomic E-state index is -0.597. The molecule has 0 heterocycles. The molecule has 0 bridgehead atoms. The summed E-state index contributed by atoms with van der Waals surface area (Å²) in [4.78, 5) is 12.9. The summed E-state index contributed by atoms with van der Waals surface area (Å²) in [5, 5.41) is 6.17. The predicted molar refractivity (Wildman–Crippen MR) is 146 cm³/mol. The zero-order valence-corrected chi connectivity index (χ0v) is 21.7. The summed E-state index contributed by atoms with van der Waals surface area (Å²) in [5.41, 5.74) is 3.45. The molecule has 184 valence electrons. The first-order valence-electron chi connectivity index (χ1n) is 11.8. The smallest absolute Gasteiger partial charge is 0.231 e. The maximum absolute atomic E-state index is 12.9. The second-order valence-electron chi connectivity index (χ2n) is 9.28. The molecule has 2 N–H and O–H groups in total. The van der Waals surface area contributed by atoms with E-state index in [9.17, 15) is 4.79 Å². The van der Waals surface area contributed by atoms with Gasteiger partial charge >= 0.3 is 0 Å². The van der Waals surface area contributed by atoms with Crippen LogP contribution in [0.2, 0.25) is 0 Å². The molecule has 3 aromatic carbocycles. The molecular formula is C29H34N2O3S. The van der Waals surface area contributed by atoms with Crippen LogP contribution in [0.25, 0.3) is 0 Å². The van der Waals surface area contributed by atoms with Gasteiger partial charge in [-0.3, -0.25) is 4.79 Å². The highest BCUT2D eigenvalue weighted by molar-refractivity contribution is 7.80. The molecule has 0 fully saturated rings. The van der Waals surface area contributed by atoms with Gasteiger partial charge in [-0.2, -0.15) is 0 Å². The maximum atomic E-state index is 12.9. The van der Waals surface area contributed by atoms with Crippen LogP contribution < -0.4 is 20.1 Å². The third-order valence-corrected chi connectivity index (χ3v) is 5.97. The molecule has 5 nitrogen and oxygen atoms in total. The van der Waals surface area contributed by atoms with E-state index in [1.54, 1.807) is 0 Å². The average molecular weight is 491 g/mol. The lowest BCUT2D eigenvalue weighted by Gasteiger charge is -2.24. The number of hydrogen-bond acceptors (Lipinski definition) is 4. The second kappa shape index (κ2) is 12.4. The fourth-order valence-corrected chi connectivity index (χ4v) is 3.73. The van der Waals surface area contributed by atoms with Gasteiger partial charge in [-0.25, -0.2) is 0 Å². The molecule has 0 aromatic heterocycles. The quantitative estimate of drug-likeness (QED) is 0.248. The van der Waals surface area contributed by atoms with Gasteiger partial charge in [-0.05, 0) is 73.8 Å². The van der Waals surface area contributed by atoms with Gasteiger partial charge in [-0.15, -0.1) is 0 Å². The number of para-hydroxylation sites is 2. The molecule has 0 aliphatic rings. The Kier molecular flexibility index (Phi) is 9.26. The number of carbonyl (C=O) groups excluding carboxylic acids is 1. The van der Waals surface area contributed by atoms with E-state index >= 15 is 0 Å². The van der Waals surface area contributed by atoms with Gasteiger partial charge in [0.2, 0.25) is 5.91 Å². The maximum Gasteiger partial charge on any atom is 0.231 e. The summed E-state index contributed by atoms with van der Waals surface area (Å²) in [7, 11) is 0. The van der Waals surface area contributed by atoms with E-state index in [-0.39, 0.29) is 11.0 Å². The first-order valence-corrected chi connectivity index (χ1v) is 12.2. The second-order valence-corrected chi connectivity index (χ2v) is 9.69. The van der Waals surface area contributed by atoms with Crippen molar-refractivity contribution in [1.82, 2.24) is 5.32 Å². The molecule has 3 rings (SSSR count). The molecular weight excluding hydrogens is 456 g/mol. The first-order chi connectivity index (χ1) is 16.7. The van der Waals surface area contributed by atoms with Gasteiger partial charge < -0.3 is 20.1 Å². The molecule has 35 heavy (non-hydrogen) atoms. The van der Waals surface area contributed by atoms with Crippen LogP contribution in [0.4, 0.5) is 5.69 Å². The molecule has 0 spiro atoms. The average Bonchev–Trinajstić information content (AvgIpc) is 2.84. The van der Waals surface area contributed by atoms with Crippen molar-refractivity contribution in [3.63, 3.8) is 0 Å². The van der Waals surface area contributed by atoms with E-state index in [0.717, 1.165) is 23.3 Å². The lowest BCUT2D eigenvalue weighted by molar-refractivity contribution is -0.128. The van der Waals surface area contributed by atoms with E-state index in [1.165, 1.54) is 5.56 Å². The summed E-state index contributed by atoms with van der Waals surface area (Å²) in [6, 6.07) is 23.6. The Labute approximate surface area is 213 Å². The Morgan fingerprint density at radius 1 is 0.914 bits per heavy atom. The van der Waals surface area contributed by atoms with Crippen LogP contribution in [0.5, 0.6) is 11.5 Å². The van der Waals surface area contributed by atoms with Crippen molar-refractivity contribution in [2.75, 3.05) is 11.9 Å². The molecule has 0 saturated heterocycles. The highest BCUT2D eigenvalue weighted by atomic mass is 32.1. The fourth-order valence-electron chi connectivity index (χ4n) is 3.53. The summed E-state index contributed by atoms with van der Waals surface area (Å²) < 4.78 is 11.9. The van der Waals surface area contributed by atoms with E-state index in [2.05, 4.69) is 22.8 Å². The van der Waals surface area contributed by atoms with Gasteiger partial charge in [0.05, 0.1) is 12.3 Å². The van der Waals surface area contributed by atoms with E-state index in [4.69, 9.17) is 21.7 Å². The number of benzene rings is 3. The topological polar surface area (TPSA) is 59.6 Å². The van der Waals surface area contributed by atoms with Gasteiger partial charge in [-0.1, -0.05) is 68.4 Å². The Bertz CT molecular complexity index is 1150. The highest BCUT2D eigenvalue weighted by Gasteiger charge is 2.28. The van der Waals surface area contributed by atoms with Gasteiger partial charge in [0, 0.05) is 5.41 Å². The van der Waals surface area contributed by atoms with E-state index in [1.807, 2.05) is 88.4 Å². The van der Waals surface area contributed by atoms with Crippen molar-refractivity contribution < 1.29 is 14.3 Å². The number of rotatable bonds is 10. The molecule has 0 radical (unpaired) electrons. The number of aryl methyl sites for hydroxylation is 2.